The van der Waals surface area contributed by atoms with Crippen molar-refractivity contribution < 1.29 is 4.79 Å². The molecule has 0 aliphatic carbocycles. The number of amides is 1. The van der Waals surface area contributed by atoms with Crippen molar-refractivity contribution in [3.05, 3.63) is 0 Å². The lowest BCUT2D eigenvalue weighted by molar-refractivity contribution is -0.123. The van der Waals surface area contributed by atoms with Gasteiger partial charge in [-0.05, 0) is 25.3 Å². The predicted molar refractivity (Wildman–Crippen MR) is 60.2 cm³/mol. The molecule has 0 aliphatic heterocycles. The summed E-state index contributed by atoms with van der Waals surface area (Å²) in [5, 5.41) is 5.99. The van der Waals surface area contributed by atoms with Crippen LogP contribution in [0.3, 0.4) is 0 Å². The second-order valence-corrected chi connectivity index (χ2v) is 4.10. The highest BCUT2D eigenvalue weighted by Gasteiger charge is 2.16. The fourth-order valence-electron chi connectivity index (χ4n) is 1.38. The van der Waals surface area contributed by atoms with Gasteiger partial charge in [-0.2, -0.15) is 0 Å². The standard InChI is InChI=1S/C11H24N2O/c1-5-6-7-13-10(8-9(2)3)11(14)12-4/h9-10,13H,5-8H2,1-4H3,(H,12,14). The summed E-state index contributed by atoms with van der Waals surface area (Å²) in [4.78, 5) is 11.5. The third-order valence-electron chi connectivity index (χ3n) is 2.19. The number of nitrogens with one attached hydrogen (secondary N) is 2. The monoisotopic (exact) mass is 200 g/mol. The summed E-state index contributed by atoms with van der Waals surface area (Å²) < 4.78 is 0. The van der Waals surface area contributed by atoms with Gasteiger partial charge in [-0.3, -0.25) is 4.79 Å². The fourth-order valence-corrected chi connectivity index (χ4v) is 1.38. The number of unbranched alkanes of at least 4 members (excludes halogenated alkanes) is 1. The predicted octanol–water partition coefficient (Wildman–Crippen LogP) is 1.54. The average molecular weight is 200 g/mol. The van der Waals surface area contributed by atoms with Crippen molar-refractivity contribution in [2.24, 2.45) is 5.92 Å². The maximum absolute atomic E-state index is 11.5. The summed E-state index contributed by atoms with van der Waals surface area (Å²) in [5.41, 5.74) is 0. The van der Waals surface area contributed by atoms with Crippen LogP contribution in [0.1, 0.15) is 40.0 Å². The zero-order valence-electron chi connectivity index (χ0n) is 9.89. The molecule has 3 heteroatoms. The summed E-state index contributed by atoms with van der Waals surface area (Å²) in [6, 6.07) is -0.0217. The second-order valence-electron chi connectivity index (χ2n) is 4.10. The van der Waals surface area contributed by atoms with Gasteiger partial charge in [0, 0.05) is 7.05 Å². The van der Waals surface area contributed by atoms with E-state index in [-0.39, 0.29) is 11.9 Å². The summed E-state index contributed by atoms with van der Waals surface area (Å²) in [5.74, 6) is 0.654. The van der Waals surface area contributed by atoms with Gasteiger partial charge in [0.2, 0.25) is 5.91 Å². The fraction of sp³-hybridized carbons (Fsp3) is 0.909. The minimum absolute atomic E-state index is 0.0217. The molecule has 0 aromatic carbocycles. The Bertz CT molecular complexity index is 157. The van der Waals surface area contributed by atoms with Crippen molar-refractivity contribution in [1.29, 1.82) is 0 Å². The molecule has 0 aliphatic rings. The summed E-state index contributed by atoms with van der Waals surface area (Å²) in [6.07, 6.45) is 3.20. The zero-order chi connectivity index (χ0) is 11.0. The van der Waals surface area contributed by atoms with Crippen LogP contribution in [0.2, 0.25) is 0 Å². The van der Waals surface area contributed by atoms with E-state index in [1.165, 1.54) is 0 Å². The van der Waals surface area contributed by atoms with Crippen LogP contribution in [-0.2, 0) is 4.79 Å². The van der Waals surface area contributed by atoms with E-state index in [1.807, 2.05) is 0 Å². The lowest BCUT2D eigenvalue weighted by Gasteiger charge is -2.18. The number of carbonyl (C=O) groups excluding carboxylic acids is 1. The van der Waals surface area contributed by atoms with Crippen molar-refractivity contribution in [2.45, 2.75) is 46.1 Å². The molecule has 3 nitrogen and oxygen atoms in total. The Morgan fingerprint density at radius 3 is 2.43 bits per heavy atom. The van der Waals surface area contributed by atoms with Gasteiger partial charge < -0.3 is 10.6 Å². The molecule has 1 unspecified atom stereocenters. The van der Waals surface area contributed by atoms with Crippen molar-refractivity contribution in [1.82, 2.24) is 10.6 Å². The van der Waals surface area contributed by atoms with E-state index in [1.54, 1.807) is 7.05 Å². The highest BCUT2D eigenvalue weighted by Crippen LogP contribution is 2.04. The molecule has 0 spiro atoms. The van der Waals surface area contributed by atoms with Crippen LogP contribution >= 0.6 is 0 Å². The van der Waals surface area contributed by atoms with Gasteiger partial charge >= 0.3 is 0 Å². The molecule has 1 atom stereocenters. The minimum Gasteiger partial charge on any atom is -0.358 e. The van der Waals surface area contributed by atoms with Crippen molar-refractivity contribution in [2.75, 3.05) is 13.6 Å². The van der Waals surface area contributed by atoms with Gasteiger partial charge in [0.1, 0.15) is 0 Å². The summed E-state index contributed by atoms with van der Waals surface area (Å²) >= 11 is 0. The van der Waals surface area contributed by atoms with Crippen molar-refractivity contribution in [3.63, 3.8) is 0 Å². The normalized spacial score (nSPS) is 12.9. The first-order valence-electron chi connectivity index (χ1n) is 5.56. The minimum atomic E-state index is -0.0217. The molecule has 0 saturated heterocycles. The lowest BCUT2D eigenvalue weighted by Crippen LogP contribution is -2.44. The van der Waals surface area contributed by atoms with E-state index in [2.05, 4.69) is 31.4 Å². The van der Waals surface area contributed by atoms with Crippen LogP contribution in [0.4, 0.5) is 0 Å². The third kappa shape index (κ3) is 5.97. The molecule has 0 radical (unpaired) electrons. The van der Waals surface area contributed by atoms with Gasteiger partial charge in [-0.25, -0.2) is 0 Å². The Labute approximate surface area is 87.6 Å². The number of hydrogen-bond donors (Lipinski definition) is 2. The largest absolute Gasteiger partial charge is 0.358 e. The molecule has 0 rings (SSSR count). The van der Waals surface area contributed by atoms with Gasteiger partial charge in [0.15, 0.2) is 0 Å². The van der Waals surface area contributed by atoms with Crippen LogP contribution in [0, 0.1) is 5.92 Å². The molecule has 0 aromatic heterocycles. The van der Waals surface area contributed by atoms with E-state index < -0.39 is 0 Å². The van der Waals surface area contributed by atoms with Crippen LogP contribution < -0.4 is 10.6 Å². The summed E-state index contributed by atoms with van der Waals surface area (Å²) in [6.45, 7) is 7.36. The van der Waals surface area contributed by atoms with Crippen LogP contribution in [0.25, 0.3) is 0 Å². The Morgan fingerprint density at radius 1 is 1.36 bits per heavy atom. The SMILES string of the molecule is CCCCNC(CC(C)C)C(=O)NC. The Morgan fingerprint density at radius 2 is 2.00 bits per heavy atom. The van der Waals surface area contributed by atoms with E-state index in [0.717, 1.165) is 25.8 Å². The summed E-state index contributed by atoms with van der Waals surface area (Å²) in [7, 11) is 1.69. The smallest absolute Gasteiger partial charge is 0.236 e. The lowest BCUT2D eigenvalue weighted by atomic mass is 10.0. The number of carbonyl (C=O) groups is 1. The second kappa shape index (κ2) is 7.80. The topological polar surface area (TPSA) is 41.1 Å². The first kappa shape index (κ1) is 13.4. The first-order valence-corrected chi connectivity index (χ1v) is 5.56. The molecular formula is C11H24N2O. The average Bonchev–Trinajstić information content (AvgIpc) is 2.15. The van der Waals surface area contributed by atoms with E-state index >= 15 is 0 Å². The molecule has 2 N–H and O–H groups in total. The quantitative estimate of drug-likeness (QED) is 0.612. The molecule has 0 aromatic rings. The first-order chi connectivity index (χ1) is 6.61. The van der Waals surface area contributed by atoms with Gasteiger partial charge in [0.05, 0.1) is 6.04 Å². The molecule has 14 heavy (non-hydrogen) atoms. The van der Waals surface area contributed by atoms with Gasteiger partial charge in [-0.15, -0.1) is 0 Å². The molecule has 0 heterocycles. The van der Waals surface area contributed by atoms with Crippen LogP contribution in [-0.4, -0.2) is 25.5 Å². The molecule has 0 bridgehead atoms. The van der Waals surface area contributed by atoms with E-state index in [0.29, 0.717) is 5.92 Å². The van der Waals surface area contributed by atoms with Crippen LogP contribution in [0.15, 0.2) is 0 Å². The maximum Gasteiger partial charge on any atom is 0.236 e. The Balaban J connectivity index is 3.91. The molecular weight excluding hydrogens is 176 g/mol. The number of likely N-dealkylation sites (N-methyl/N-ethyl adjacent to an activating group) is 1. The Kier molecular flexibility index (Phi) is 7.48. The Hall–Kier alpha value is -0.570. The molecule has 0 fully saturated rings. The number of hydrogen-bond acceptors (Lipinski definition) is 2. The van der Waals surface area contributed by atoms with Crippen LogP contribution in [0.5, 0.6) is 0 Å². The van der Waals surface area contributed by atoms with Crippen molar-refractivity contribution in [3.8, 4) is 0 Å². The van der Waals surface area contributed by atoms with E-state index in [9.17, 15) is 4.79 Å². The van der Waals surface area contributed by atoms with Gasteiger partial charge in [-0.1, -0.05) is 27.2 Å². The highest BCUT2D eigenvalue weighted by atomic mass is 16.2. The zero-order valence-corrected chi connectivity index (χ0v) is 9.89. The highest BCUT2D eigenvalue weighted by molar-refractivity contribution is 5.81. The maximum atomic E-state index is 11.5. The molecule has 0 saturated carbocycles. The molecule has 84 valence electrons. The number of rotatable bonds is 7. The molecule has 1 amide bonds. The third-order valence-corrected chi connectivity index (χ3v) is 2.19. The van der Waals surface area contributed by atoms with Gasteiger partial charge in [0.25, 0.3) is 0 Å². The van der Waals surface area contributed by atoms with Crippen molar-refractivity contribution >= 4 is 5.91 Å². The van der Waals surface area contributed by atoms with E-state index in [4.69, 9.17) is 0 Å².